The van der Waals surface area contributed by atoms with Crippen molar-refractivity contribution in [2.75, 3.05) is 0 Å². The van der Waals surface area contributed by atoms with Crippen LogP contribution in [0.3, 0.4) is 0 Å². The first-order valence-corrected chi connectivity index (χ1v) is 6.82. The molecule has 0 aliphatic carbocycles. The van der Waals surface area contributed by atoms with E-state index in [1.165, 1.54) is 5.56 Å². The number of nitrogens with two attached hydrogens (primary N) is 1. The summed E-state index contributed by atoms with van der Waals surface area (Å²) in [6.07, 6.45) is 0. The number of rotatable bonds is 4. The lowest BCUT2D eigenvalue weighted by molar-refractivity contribution is 0.0953. The quantitative estimate of drug-likeness (QED) is 0.515. The lowest BCUT2D eigenvalue weighted by Crippen LogP contribution is -2.30. The molecular formula is C17H20N2O2. The summed E-state index contributed by atoms with van der Waals surface area (Å²) in [4.78, 5) is 11.5. The minimum absolute atomic E-state index is 0.306. The minimum atomic E-state index is -0.306. The van der Waals surface area contributed by atoms with Gasteiger partial charge in [-0.3, -0.25) is 10.2 Å². The Morgan fingerprint density at radius 1 is 1.14 bits per heavy atom. The van der Waals surface area contributed by atoms with Crippen molar-refractivity contribution in [2.45, 2.75) is 27.4 Å². The minimum Gasteiger partial charge on any atom is -0.488 e. The zero-order valence-corrected chi connectivity index (χ0v) is 12.6. The van der Waals surface area contributed by atoms with Gasteiger partial charge >= 0.3 is 0 Å². The van der Waals surface area contributed by atoms with Crippen molar-refractivity contribution in [3.63, 3.8) is 0 Å². The third-order valence-corrected chi connectivity index (χ3v) is 3.58. The van der Waals surface area contributed by atoms with Gasteiger partial charge in [0, 0.05) is 5.56 Å². The third kappa shape index (κ3) is 3.41. The van der Waals surface area contributed by atoms with Gasteiger partial charge in [-0.25, -0.2) is 5.84 Å². The van der Waals surface area contributed by atoms with Crippen molar-refractivity contribution in [2.24, 2.45) is 5.84 Å². The molecule has 0 atom stereocenters. The van der Waals surface area contributed by atoms with Crippen LogP contribution in [0, 0.1) is 20.8 Å². The molecule has 0 radical (unpaired) electrons. The van der Waals surface area contributed by atoms with Crippen molar-refractivity contribution < 1.29 is 9.53 Å². The zero-order chi connectivity index (χ0) is 15.4. The van der Waals surface area contributed by atoms with Gasteiger partial charge < -0.3 is 4.74 Å². The molecular weight excluding hydrogens is 264 g/mol. The second-order valence-electron chi connectivity index (χ2n) is 5.12. The highest BCUT2D eigenvalue weighted by Crippen LogP contribution is 2.26. The number of nitrogens with one attached hydrogen (secondary N) is 1. The molecule has 0 fully saturated rings. The Bertz CT molecular complexity index is 666. The average Bonchev–Trinajstić information content (AvgIpc) is 2.50. The molecule has 21 heavy (non-hydrogen) atoms. The van der Waals surface area contributed by atoms with E-state index in [1.54, 1.807) is 12.1 Å². The molecule has 0 aromatic heterocycles. The van der Waals surface area contributed by atoms with Crippen LogP contribution < -0.4 is 16.0 Å². The summed E-state index contributed by atoms with van der Waals surface area (Å²) >= 11 is 0. The Morgan fingerprint density at radius 3 is 2.57 bits per heavy atom. The predicted molar refractivity (Wildman–Crippen MR) is 83.1 cm³/mol. The highest BCUT2D eigenvalue weighted by molar-refractivity contribution is 5.93. The molecule has 110 valence electrons. The van der Waals surface area contributed by atoms with Crippen LogP contribution >= 0.6 is 0 Å². The summed E-state index contributed by atoms with van der Waals surface area (Å²) in [7, 11) is 0. The van der Waals surface area contributed by atoms with E-state index in [0.29, 0.717) is 12.2 Å². The van der Waals surface area contributed by atoms with Crippen LogP contribution in [0.4, 0.5) is 0 Å². The van der Waals surface area contributed by atoms with E-state index >= 15 is 0 Å². The van der Waals surface area contributed by atoms with Crippen molar-refractivity contribution in [3.05, 3.63) is 64.2 Å². The maximum atomic E-state index is 11.5. The molecule has 3 N–H and O–H groups in total. The molecule has 0 aliphatic heterocycles. The Hall–Kier alpha value is -2.33. The van der Waals surface area contributed by atoms with Gasteiger partial charge in [0.05, 0.1) is 0 Å². The smallest absolute Gasteiger partial charge is 0.265 e. The first kappa shape index (κ1) is 15.1. The molecule has 2 aromatic carbocycles. The maximum Gasteiger partial charge on any atom is 0.265 e. The average molecular weight is 284 g/mol. The number of nitrogen functional groups attached to an aromatic ring is 1. The number of ether oxygens (including phenoxy) is 1. The van der Waals surface area contributed by atoms with Crippen LogP contribution in [0.2, 0.25) is 0 Å². The number of carbonyl (C=O) groups excluding carboxylic acids is 1. The fourth-order valence-corrected chi connectivity index (χ4v) is 2.19. The summed E-state index contributed by atoms with van der Waals surface area (Å²) in [6, 6.07) is 11.4. The number of hydrazine groups is 1. The molecule has 0 spiro atoms. The molecule has 0 unspecified atom stereocenters. The van der Waals surface area contributed by atoms with Crippen LogP contribution in [0.5, 0.6) is 5.75 Å². The number of amides is 1. The van der Waals surface area contributed by atoms with Crippen LogP contribution in [0.1, 0.15) is 32.6 Å². The molecule has 0 saturated heterocycles. The van der Waals surface area contributed by atoms with Crippen molar-refractivity contribution in [1.29, 1.82) is 0 Å². The third-order valence-electron chi connectivity index (χ3n) is 3.58. The Balaban J connectivity index is 2.17. The SMILES string of the molecule is Cc1ccc(C)c(OCc2cccc(C(=O)NN)c2)c1C. The van der Waals surface area contributed by atoms with Gasteiger partial charge in [-0.2, -0.15) is 0 Å². The molecule has 2 rings (SSSR count). The number of aryl methyl sites for hydroxylation is 2. The highest BCUT2D eigenvalue weighted by Gasteiger charge is 2.08. The van der Waals surface area contributed by atoms with Gasteiger partial charge in [-0.15, -0.1) is 0 Å². The number of carbonyl (C=O) groups is 1. The van der Waals surface area contributed by atoms with Crippen LogP contribution in [-0.4, -0.2) is 5.91 Å². The first-order chi connectivity index (χ1) is 10.0. The van der Waals surface area contributed by atoms with Crippen LogP contribution in [-0.2, 0) is 6.61 Å². The lowest BCUT2D eigenvalue weighted by atomic mass is 10.1. The molecule has 0 bridgehead atoms. The molecule has 4 nitrogen and oxygen atoms in total. The van der Waals surface area contributed by atoms with E-state index < -0.39 is 0 Å². The largest absolute Gasteiger partial charge is 0.488 e. The molecule has 0 heterocycles. The second kappa shape index (κ2) is 6.41. The summed E-state index contributed by atoms with van der Waals surface area (Å²) in [5.74, 6) is 5.75. The highest BCUT2D eigenvalue weighted by atomic mass is 16.5. The standard InChI is InChI=1S/C17H20N2O2/c1-11-7-8-12(2)16(13(11)3)21-10-14-5-4-6-15(9-14)17(20)19-18/h4-9H,10,18H2,1-3H3,(H,19,20). The Labute approximate surface area is 124 Å². The number of hydrogen-bond acceptors (Lipinski definition) is 3. The van der Waals surface area contributed by atoms with E-state index in [-0.39, 0.29) is 5.91 Å². The summed E-state index contributed by atoms with van der Waals surface area (Å²) in [5.41, 5.74) is 7.03. The zero-order valence-electron chi connectivity index (χ0n) is 12.6. The fourth-order valence-electron chi connectivity index (χ4n) is 2.19. The van der Waals surface area contributed by atoms with E-state index in [2.05, 4.69) is 31.4 Å². The predicted octanol–water partition coefficient (Wildman–Crippen LogP) is 2.79. The summed E-state index contributed by atoms with van der Waals surface area (Å²) in [5, 5.41) is 0. The Morgan fingerprint density at radius 2 is 1.86 bits per heavy atom. The molecule has 4 heteroatoms. The first-order valence-electron chi connectivity index (χ1n) is 6.82. The molecule has 2 aromatic rings. The fraction of sp³-hybridized carbons (Fsp3) is 0.235. The lowest BCUT2D eigenvalue weighted by Gasteiger charge is -2.14. The van der Waals surface area contributed by atoms with Crippen LogP contribution in [0.25, 0.3) is 0 Å². The summed E-state index contributed by atoms with van der Waals surface area (Å²) < 4.78 is 5.94. The Kier molecular flexibility index (Phi) is 4.60. The van der Waals surface area contributed by atoms with E-state index in [1.807, 2.05) is 19.1 Å². The van der Waals surface area contributed by atoms with Gasteiger partial charge in [0.2, 0.25) is 0 Å². The van der Waals surface area contributed by atoms with E-state index in [4.69, 9.17) is 10.6 Å². The van der Waals surface area contributed by atoms with Crippen molar-refractivity contribution in [3.8, 4) is 5.75 Å². The normalized spacial score (nSPS) is 10.3. The monoisotopic (exact) mass is 284 g/mol. The van der Waals surface area contributed by atoms with Gasteiger partial charge in [-0.1, -0.05) is 24.3 Å². The number of hydrogen-bond donors (Lipinski definition) is 2. The van der Waals surface area contributed by atoms with E-state index in [0.717, 1.165) is 22.4 Å². The molecule has 0 saturated carbocycles. The van der Waals surface area contributed by atoms with E-state index in [9.17, 15) is 4.79 Å². The van der Waals surface area contributed by atoms with Gasteiger partial charge in [0.25, 0.3) is 5.91 Å². The van der Waals surface area contributed by atoms with Gasteiger partial charge in [0.15, 0.2) is 0 Å². The summed E-state index contributed by atoms with van der Waals surface area (Å²) in [6.45, 7) is 6.56. The topological polar surface area (TPSA) is 64.3 Å². The van der Waals surface area contributed by atoms with Crippen molar-refractivity contribution >= 4 is 5.91 Å². The van der Waals surface area contributed by atoms with Crippen molar-refractivity contribution in [1.82, 2.24) is 5.43 Å². The van der Waals surface area contributed by atoms with Gasteiger partial charge in [0.1, 0.15) is 12.4 Å². The van der Waals surface area contributed by atoms with Crippen LogP contribution in [0.15, 0.2) is 36.4 Å². The molecule has 1 amide bonds. The van der Waals surface area contributed by atoms with Gasteiger partial charge in [-0.05, 0) is 55.2 Å². The maximum absolute atomic E-state index is 11.5. The second-order valence-corrected chi connectivity index (χ2v) is 5.12. The number of benzene rings is 2. The molecule has 0 aliphatic rings.